The monoisotopic (exact) mass is 425 g/mol. The van der Waals surface area contributed by atoms with E-state index in [9.17, 15) is 9.18 Å². The topological polar surface area (TPSA) is 93.8 Å². The van der Waals surface area contributed by atoms with Crippen LogP contribution in [0.15, 0.2) is 30.3 Å². The number of nitrogens with two attached hydrogens (primary N) is 1. The fourth-order valence-corrected chi connectivity index (χ4v) is 3.74. The maximum absolute atomic E-state index is 14.5. The number of methoxy groups -OCH3 is 2. The van der Waals surface area contributed by atoms with Crippen LogP contribution in [0.25, 0.3) is 10.9 Å². The van der Waals surface area contributed by atoms with Gasteiger partial charge in [-0.25, -0.2) is 9.37 Å². The quantitative estimate of drug-likeness (QED) is 0.624. The molecule has 3 aromatic rings. The molecule has 1 aliphatic rings. The van der Waals surface area contributed by atoms with Gasteiger partial charge in [-0.2, -0.15) is 4.98 Å². The first-order valence-electron chi connectivity index (χ1n) is 9.91. The smallest absolute Gasteiger partial charge is 0.228 e. The molecule has 1 fully saturated rings. The molecule has 0 aliphatic carbocycles. The van der Waals surface area contributed by atoms with E-state index in [0.717, 1.165) is 0 Å². The van der Waals surface area contributed by atoms with Crippen LogP contribution in [0.1, 0.15) is 17.3 Å². The number of piperazine rings is 1. The summed E-state index contributed by atoms with van der Waals surface area (Å²) in [5.41, 5.74) is 7.71. The highest BCUT2D eigenvalue weighted by atomic mass is 19.1. The molecule has 0 spiro atoms. The highest BCUT2D eigenvalue weighted by Crippen LogP contribution is 2.34. The number of halogens is 1. The van der Waals surface area contributed by atoms with E-state index in [1.54, 1.807) is 38.5 Å². The molecule has 1 aromatic heterocycles. The van der Waals surface area contributed by atoms with Gasteiger partial charge in [0, 0.05) is 43.2 Å². The summed E-state index contributed by atoms with van der Waals surface area (Å²) in [4.78, 5) is 24.6. The van der Waals surface area contributed by atoms with E-state index in [1.165, 1.54) is 13.0 Å². The summed E-state index contributed by atoms with van der Waals surface area (Å²) in [5.74, 6) is 1.44. The van der Waals surface area contributed by atoms with Gasteiger partial charge in [-0.1, -0.05) is 0 Å². The van der Waals surface area contributed by atoms with Crippen LogP contribution in [0.4, 0.5) is 21.8 Å². The van der Waals surface area contributed by atoms with Gasteiger partial charge in [-0.3, -0.25) is 4.79 Å². The van der Waals surface area contributed by atoms with Crippen LogP contribution < -0.4 is 25.0 Å². The lowest BCUT2D eigenvalue weighted by Crippen LogP contribution is -2.47. The fourth-order valence-electron chi connectivity index (χ4n) is 3.74. The van der Waals surface area contributed by atoms with Gasteiger partial charge in [-0.15, -0.1) is 0 Å². The van der Waals surface area contributed by atoms with Crippen molar-refractivity contribution in [2.45, 2.75) is 6.92 Å². The normalized spacial score (nSPS) is 14.1. The Balaban J connectivity index is 1.55. The zero-order valence-corrected chi connectivity index (χ0v) is 17.7. The second-order valence-electron chi connectivity index (χ2n) is 7.33. The maximum atomic E-state index is 14.5. The third-order valence-corrected chi connectivity index (χ3v) is 5.48. The van der Waals surface area contributed by atoms with Crippen LogP contribution >= 0.6 is 0 Å². The lowest BCUT2D eigenvalue weighted by Gasteiger charge is -2.36. The number of carbonyl (C=O) groups excluding carboxylic acids is 1. The molecule has 0 amide bonds. The van der Waals surface area contributed by atoms with Crippen LogP contribution in [-0.2, 0) is 0 Å². The van der Waals surface area contributed by atoms with E-state index >= 15 is 0 Å². The zero-order chi connectivity index (χ0) is 22.1. The predicted octanol–water partition coefficient (Wildman–Crippen LogP) is 2.90. The van der Waals surface area contributed by atoms with E-state index in [-0.39, 0.29) is 5.78 Å². The van der Waals surface area contributed by atoms with Crippen LogP contribution in [-0.4, -0.2) is 56.1 Å². The van der Waals surface area contributed by atoms with E-state index in [4.69, 9.17) is 15.2 Å². The number of nitrogens with zero attached hydrogens (tertiary/aromatic N) is 4. The Hall–Kier alpha value is -3.62. The molecule has 2 heterocycles. The van der Waals surface area contributed by atoms with E-state index in [2.05, 4.69) is 9.97 Å². The van der Waals surface area contributed by atoms with E-state index in [1.807, 2.05) is 9.80 Å². The summed E-state index contributed by atoms with van der Waals surface area (Å²) in [6.45, 7) is 3.81. The van der Waals surface area contributed by atoms with Crippen molar-refractivity contribution >= 4 is 34.1 Å². The molecular weight excluding hydrogens is 401 g/mol. The van der Waals surface area contributed by atoms with Crippen molar-refractivity contribution in [3.05, 3.63) is 41.7 Å². The summed E-state index contributed by atoms with van der Waals surface area (Å²) >= 11 is 0. The zero-order valence-electron chi connectivity index (χ0n) is 17.7. The molecule has 9 heteroatoms. The van der Waals surface area contributed by atoms with Crippen molar-refractivity contribution in [2.75, 3.05) is 55.9 Å². The summed E-state index contributed by atoms with van der Waals surface area (Å²) in [7, 11) is 3.13. The molecule has 31 heavy (non-hydrogen) atoms. The van der Waals surface area contributed by atoms with Gasteiger partial charge in [0.15, 0.2) is 17.3 Å². The number of benzene rings is 2. The molecular formula is C22H24FN5O3. The lowest BCUT2D eigenvalue weighted by atomic mass is 10.1. The summed E-state index contributed by atoms with van der Waals surface area (Å²) < 4.78 is 25.2. The van der Waals surface area contributed by atoms with E-state index in [0.29, 0.717) is 71.6 Å². The first-order chi connectivity index (χ1) is 14.9. The van der Waals surface area contributed by atoms with Gasteiger partial charge in [0.05, 0.1) is 25.4 Å². The lowest BCUT2D eigenvalue weighted by molar-refractivity contribution is 0.101. The minimum absolute atomic E-state index is 0.157. The molecule has 0 bridgehead atoms. The van der Waals surface area contributed by atoms with Crippen molar-refractivity contribution < 1.29 is 18.7 Å². The number of anilines is 3. The fraction of sp³-hybridized carbons (Fsp3) is 0.318. The second-order valence-corrected chi connectivity index (χ2v) is 7.33. The molecule has 0 atom stereocenters. The van der Waals surface area contributed by atoms with Gasteiger partial charge in [0.25, 0.3) is 0 Å². The molecule has 0 radical (unpaired) electrons. The Labute approximate surface area is 179 Å². The van der Waals surface area contributed by atoms with Gasteiger partial charge < -0.3 is 25.0 Å². The molecule has 4 rings (SSSR count). The van der Waals surface area contributed by atoms with Crippen LogP contribution in [0.3, 0.4) is 0 Å². The van der Waals surface area contributed by atoms with Gasteiger partial charge in [-0.05, 0) is 31.2 Å². The molecule has 1 aliphatic heterocycles. The molecule has 2 aromatic carbocycles. The highest BCUT2D eigenvalue weighted by molar-refractivity contribution is 5.94. The molecule has 162 valence electrons. The number of nitrogen functional groups attached to an aromatic ring is 1. The maximum Gasteiger partial charge on any atom is 0.228 e. The summed E-state index contributed by atoms with van der Waals surface area (Å²) in [5, 5.41) is 0.688. The van der Waals surface area contributed by atoms with Crippen LogP contribution in [0.5, 0.6) is 11.5 Å². The number of aromatic nitrogens is 2. The SMILES string of the molecule is COc1cc2nc(N3CCN(c4ccc(C(C)=O)cc4F)CC3)nc(N)c2cc1OC. The Bertz CT molecular complexity index is 1150. The number of ketones is 1. The van der Waals surface area contributed by atoms with Crippen molar-refractivity contribution in [3.8, 4) is 11.5 Å². The van der Waals surface area contributed by atoms with Crippen molar-refractivity contribution in [1.29, 1.82) is 0 Å². The number of fused-ring (bicyclic) bond motifs is 1. The molecule has 0 saturated carbocycles. The van der Waals surface area contributed by atoms with Crippen molar-refractivity contribution in [1.82, 2.24) is 9.97 Å². The van der Waals surface area contributed by atoms with Gasteiger partial charge >= 0.3 is 0 Å². The summed E-state index contributed by atoms with van der Waals surface area (Å²) in [6, 6.07) is 8.14. The average molecular weight is 425 g/mol. The molecule has 2 N–H and O–H groups in total. The highest BCUT2D eigenvalue weighted by Gasteiger charge is 2.23. The number of hydrogen-bond donors (Lipinski definition) is 1. The van der Waals surface area contributed by atoms with E-state index < -0.39 is 5.82 Å². The Morgan fingerprint density at radius 2 is 1.65 bits per heavy atom. The number of carbonyl (C=O) groups is 1. The number of rotatable bonds is 5. The second kappa shape index (κ2) is 8.25. The summed E-state index contributed by atoms with van der Waals surface area (Å²) in [6.07, 6.45) is 0. The van der Waals surface area contributed by atoms with Crippen LogP contribution in [0, 0.1) is 5.82 Å². The standard InChI is InChI=1S/C22H24FN5O3/c1-13(29)14-4-5-18(16(23)10-14)27-6-8-28(9-7-27)22-25-17-12-20(31-3)19(30-2)11-15(17)21(24)26-22/h4-5,10-12H,6-9H2,1-3H3,(H2,24,25,26). The van der Waals surface area contributed by atoms with Crippen molar-refractivity contribution in [2.24, 2.45) is 0 Å². The van der Waals surface area contributed by atoms with Crippen LogP contribution in [0.2, 0.25) is 0 Å². The first-order valence-corrected chi connectivity index (χ1v) is 9.91. The number of ether oxygens (including phenoxy) is 2. The molecule has 8 nitrogen and oxygen atoms in total. The minimum Gasteiger partial charge on any atom is -0.493 e. The third-order valence-electron chi connectivity index (χ3n) is 5.48. The minimum atomic E-state index is -0.395. The Kier molecular flexibility index (Phi) is 5.50. The number of Topliss-reactive ketones (excluding diaryl/α,β-unsaturated/α-hetero) is 1. The Morgan fingerprint density at radius 3 is 2.26 bits per heavy atom. The average Bonchev–Trinajstić information content (AvgIpc) is 2.78. The Morgan fingerprint density at radius 1 is 1.00 bits per heavy atom. The predicted molar refractivity (Wildman–Crippen MR) is 118 cm³/mol. The largest absolute Gasteiger partial charge is 0.493 e. The van der Waals surface area contributed by atoms with Gasteiger partial charge in [0.2, 0.25) is 5.95 Å². The number of hydrogen-bond acceptors (Lipinski definition) is 8. The molecule has 0 unspecified atom stereocenters. The van der Waals surface area contributed by atoms with Gasteiger partial charge in [0.1, 0.15) is 11.6 Å². The molecule has 1 saturated heterocycles. The third kappa shape index (κ3) is 3.90. The first kappa shape index (κ1) is 20.6. The van der Waals surface area contributed by atoms with Crippen molar-refractivity contribution in [3.63, 3.8) is 0 Å².